The van der Waals surface area contributed by atoms with Crippen LogP contribution in [0.3, 0.4) is 0 Å². The number of nitrogens with zero attached hydrogens (tertiary/aromatic N) is 1. The number of hydrogen-bond acceptors (Lipinski definition) is 3. The molecule has 1 unspecified atom stereocenters. The van der Waals surface area contributed by atoms with Crippen molar-refractivity contribution in [1.82, 2.24) is 4.57 Å². The molecule has 23 heavy (non-hydrogen) atoms. The summed E-state index contributed by atoms with van der Waals surface area (Å²) in [5, 5.41) is 9.64. The van der Waals surface area contributed by atoms with Crippen molar-refractivity contribution in [2.75, 3.05) is 0 Å². The van der Waals surface area contributed by atoms with Gasteiger partial charge in [0.1, 0.15) is 0 Å². The van der Waals surface area contributed by atoms with Crippen LogP contribution >= 0.6 is 11.6 Å². The Morgan fingerprint density at radius 1 is 1.48 bits per heavy atom. The molecule has 1 atom stereocenters. The summed E-state index contributed by atoms with van der Waals surface area (Å²) in [4.78, 5) is 24.3. The second-order valence-corrected chi connectivity index (χ2v) is 6.21. The van der Waals surface area contributed by atoms with Gasteiger partial charge in [-0.2, -0.15) is 0 Å². The number of carboxylic acid groups (broad SMARTS) is 1. The van der Waals surface area contributed by atoms with E-state index in [2.05, 4.69) is 6.92 Å². The Balaban J connectivity index is 2.07. The number of carbonyl (C=O) groups excluding carboxylic acids is 1. The number of hydrogen-bond donors (Lipinski definition) is 1. The molecule has 0 radical (unpaired) electrons. The smallest absolute Gasteiger partial charge is 0.312 e. The predicted molar refractivity (Wildman–Crippen MR) is 85.2 cm³/mol. The first-order valence-corrected chi connectivity index (χ1v) is 8.15. The van der Waals surface area contributed by atoms with E-state index in [9.17, 15) is 14.7 Å². The third kappa shape index (κ3) is 2.70. The number of furan rings is 1. The number of aryl methyl sites for hydroxylation is 1. The molecule has 1 aliphatic heterocycles. The van der Waals surface area contributed by atoms with Crippen molar-refractivity contribution in [1.29, 1.82) is 0 Å². The molecule has 5 nitrogen and oxygen atoms in total. The van der Waals surface area contributed by atoms with E-state index in [1.54, 1.807) is 0 Å². The highest BCUT2D eigenvalue weighted by Gasteiger charge is 2.35. The molecule has 0 spiro atoms. The van der Waals surface area contributed by atoms with E-state index < -0.39 is 11.9 Å². The topological polar surface area (TPSA) is 72.4 Å². The largest absolute Gasteiger partial charge is 0.481 e. The first kappa shape index (κ1) is 15.9. The van der Waals surface area contributed by atoms with Crippen LogP contribution < -0.4 is 0 Å². The van der Waals surface area contributed by atoms with E-state index in [0.717, 1.165) is 24.8 Å². The highest BCUT2D eigenvalue weighted by atomic mass is 35.5. The first-order valence-electron chi connectivity index (χ1n) is 7.77. The molecule has 3 heterocycles. The van der Waals surface area contributed by atoms with Gasteiger partial charge in [0.05, 0.1) is 22.9 Å². The molecule has 1 N–H and O–H groups in total. The van der Waals surface area contributed by atoms with Crippen LogP contribution in [-0.4, -0.2) is 21.4 Å². The number of aromatic nitrogens is 1. The zero-order valence-corrected chi connectivity index (χ0v) is 13.6. The molecule has 0 saturated carbocycles. The van der Waals surface area contributed by atoms with Crippen LogP contribution in [0.25, 0.3) is 0 Å². The second kappa shape index (κ2) is 6.24. The van der Waals surface area contributed by atoms with Gasteiger partial charge in [0.15, 0.2) is 5.76 Å². The fourth-order valence-corrected chi connectivity index (χ4v) is 3.38. The predicted octanol–water partition coefficient (Wildman–Crippen LogP) is 3.88. The molecule has 1 aliphatic rings. The highest BCUT2D eigenvalue weighted by Crippen LogP contribution is 2.35. The van der Waals surface area contributed by atoms with Gasteiger partial charge < -0.3 is 14.1 Å². The Bertz CT molecular complexity index is 759. The minimum absolute atomic E-state index is 0.115. The molecule has 122 valence electrons. The summed E-state index contributed by atoms with van der Waals surface area (Å²) in [6.45, 7) is 2.60. The quantitative estimate of drug-likeness (QED) is 0.813. The van der Waals surface area contributed by atoms with E-state index in [-0.39, 0.29) is 16.6 Å². The molecule has 2 aromatic rings. The van der Waals surface area contributed by atoms with E-state index in [4.69, 9.17) is 16.0 Å². The monoisotopic (exact) mass is 335 g/mol. The van der Waals surface area contributed by atoms with Crippen LogP contribution in [0.5, 0.6) is 0 Å². The number of ketones is 1. The van der Waals surface area contributed by atoms with Gasteiger partial charge in [0.2, 0.25) is 5.78 Å². The third-order valence-electron chi connectivity index (χ3n) is 4.34. The van der Waals surface area contributed by atoms with Gasteiger partial charge in [-0.05, 0) is 37.0 Å². The molecule has 0 aromatic carbocycles. The van der Waals surface area contributed by atoms with Crippen molar-refractivity contribution in [3.63, 3.8) is 0 Å². The van der Waals surface area contributed by atoms with Crippen LogP contribution in [0.2, 0.25) is 5.02 Å². The Kier molecular flexibility index (Phi) is 4.31. The summed E-state index contributed by atoms with van der Waals surface area (Å²) in [5.74, 6) is -1.56. The Morgan fingerprint density at radius 3 is 2.87 bits per heavy atom. The fourth-order valence-electron chi connectivity index (χ4n) is 3.20. The number of unbranched alkanes of at least 4 members (excludes halogenated alkanes) is 1. The minimum Gasteiger partial charge on any atom is -0.481 e. The van der Waals surface area contributed by atoms with Crippen molar-refractivity contribution in [3.8, 4) is 0 Å². The average Bonchev–Trinajstić information content (AvgIpc) is 3.18. The average molecular weight is 336 g/mol. The van der Waals surface area contributed by atoms with Crippen LogP contribution in [0.1, 0.15) is 59.6 Å². The molecule has 0 aliphatic carbocycles. The number of halogens is 1. The lowest BCUT2D eigenvalue weighted by atomic mass is 10.0. The van der Waals surface area contributed by atoms with E-state index >= 15 is 0 Å². The van der Waals surface area contributed by atoms with Crippen molar-refractivity contribution in [2.24, 2.45) is 0 Å². The van der Waals surface area contributed by atoms with E-state index in [1.165, 1.54) is 12.3 Å². The van der Waals surface area contributed by atoms with E-state index in [1.807, 2.05) is 10.6 Å². The molecule has 6 heteroatoms. The summed E-state index contributed by atoms with van der Waals surface area (Å²) in [7, 11) is 0. The Morgan fingerprint density at radius 2 is 2.26 bits per heavy atom. The normalized spacial score (nSPS) is 16.5. The second-order valence-electron chi connectivity index (χ2n) is 5.80. The van der Waals surface area contributed by atoms with Crippen LogP contribution in [0.4, 0.5) is 0 Å². The fraction of sp³-hybridized carbons (Fsp3) is 0.412. The first-order chi connectivity index (χ1) is 11.0. The molecule has 3 rings (SSSR count). The van der Waals surface area contributed by atoms with Crippen molar-refractivity contribution in [2.45, 2.75) is 45.1 Å². The highest BCUT2D eigenvalue weighted by molar-refractivity contribution is 6.34. The summed E-state index contributed by atoms with van der Waals surface area (Å²) < 4.78 is 7.06. The molecule has 2 aromatic heterocycles. The number of carbonyl (C=O) groups is 2. The zero-order valence-electron chi connectivity index (χ0n) is 12.8. The van der Waals surface area contributed by atoms with Gasteiger partial charge in [0, 0.05) is 12.2 Å². The molecule has 0 bridgehead atoms. The van der Waals surface area contributed by atoms with Crippen molar-refractivity contribution < 1.29 is 19.1 Å². The SMILES string of the molecule is CCCCc1cc2n(c1C(=O)c1occc1Cl)CCC2C(=O)O. The number of carboxylic acids is 1. The van der Waals surface area contributed by atoms with Gasteiger partial charge >= 0.3 is 5.97 Å². The minimum atomic E-state index is -0.849. The molecule has 0 fully saturated rings. The lowest BCUT2D eigenvalue weighted by molar-refractivity contribution is -0.138. The third-order valence-corrected chi connectivity index (χ3v) is 4.64. The maximum atomic E-state index is 12.9. The maximum Gasteiger partial charge on any atom is 0.312 e. The van der Waals surface area contributed by atoms with Crippen LogP contribution in [0, 0.1) is 0 Å². The van der Waals surface area contributed by atoms with Gasteiger partial charge in [-0.3, -0.25) is 9.59 Å². The van der Waals surface area contributed by atoms with Gasteiger partial charge in [-0.15, -0.1) is 0 Å². The van der Waals surface area contributed by atoms with E-state index in [0.29, 0.717) is 24.4 Å². The summed E-state index contributed by atoms with van der Waals surface area (Å²) >= 11 is 6.02. The van der Waals surface area contributed by atoms with Gasteiger partial charge in [0.25, 0.3) is 0 Å². The lowest BCUT2D eigenvalue weighted by Crippen LogP contribution is -2.11. The van der Waals surface area contributed by atoms with Crippen molar-refractivity contribution >= 4 is 23.4 Å². The number of rotatable bonds is 6. The van der Waals surface area contributed by atoms with Crippen LogP contribution in [-0.2, 0) is 17.8 Å². The molecule has 0 amide bonds. The zero-order chi connectivity index (χ0) is 16.6. The summed E-state index contributed by atoms with van der Waals surface area (Å²) in [6.07, 6.45) is 4.56. The Hall–Kier alpha value is -2.01. The maximum absolute atomic E-state index is 12.9. The molecular formula is C17H18ClNO4. The van der Waals surface area contributed by atoms with Crippen molar-refractivity contribution in [3.05, 3.63) is 46.1 Å². The number of aliphatic carboxylic acids is 1. The van der Waals surface area contributed by atoms with Crippen LogP contribution in [0.15, 0.2) is 22.8 Å². The number of fused-ring (bicyclic) bond motifs is 1. The summed E-state index contributed by atoms with van der Waals surface area (Å²) in [6, 6.07) is 3.40. The Labute approximate surface area is 138 Å². The van der Waals surface area contributed by atoms with Gasteiger partial charge in [-0.1, -0.05) is 24.9 Å². The summed E-state index contributed by atoms with van der Waals surface area (Å²) in [5.41, 5.74) is 2.11. The van der Waals surface area contributed by atoms with Gasteiger partial charge in [-0.25, -0.2) is 0 Å². The molecule has 0 saturated heterocycles. The lowest BCUT2D eigenvalue weighted by Gasteiger charge is -2.07. The molecular weight excluding hydrogens is 318 g/mol. The standard InChI is InChI=1S/C17H18ClNO4/c1-2-3-4-10-9-13-11(17(21)22)5-7-19(13)14(10)15(20)16-12(18)6-8-23-16/h6,8-9,11H,2-5,7H2,1H3,(H,21,22).